The number of carbonyl (C=O) groups excluding carboxylic acids is 1. The molecule has 134 valence electrons. The Kier molecular flexibility index (Phi) is 7.24. The van der Waals surface area contributed by atoms with Gasteiger partial charge in [0.2, 0.25) is 15.9 Å². The van der Waals surface area contributed by atoms with Gasteiger partial charge in [0.25, 0.3) is 0 Å². The summed E-state index contributed by atoms with van der Waals surface area (Å²) in [6, 6.07) is 6.91. The number of hydrogen-bond acceptors (Lipinski definition) is 3. The molecular weight excluding hydrogens is 324 g/mol. The molecule has 2 N–H and O–H groups in total. The number of nitrogens with one attached hydrogen (secondary N) is 2. The van der Waals surface area contributed by atoms with Crippen LogP contribution in [0.2, 0.25) is 0 Å². The van der Waals surface area contributed by atoms with Gasteiger partial charge in [0.15, 0.2) is 0 Å². The molecule has 1 amide bonds. The summed E-state index contributed by atoms with van der Waals surface area (Å²) < 4.78 is 27.7. The van der Waals surface area contributed by atoms with Crippen LogP contribution >= 0.6 is 0 Å². The van der Waals surface area contributed by atoms with E-state index < -0.39 is 10.0 Å². The molecule has 1 aliphatic carbocycles. The summed E-state index contributed by atoms with van der Waals surface area (Å²) in [6.45, 7) is 2.71. The molecule has 1 fully saturated rings. The Morgan fingerprint density at radius 3 is 2.42 bits per heavy atom. The normalized spacial score (nSPS) is 16.0. The van der Waals surface area contributed by atoms with Crippen LogP contribution in [0.5, 0.6) is 0 Å². The second kappa shape index (κ2) is 9.18. The highest BCUT2D eigenvalue weighted by Crippen LogP contribution is 2.20. The number of carbonyl (C=O) groups is 1. The fraction of sp³-hybridized carbons (Fsp3) is 0.611. The van der Waals surface area contributed by atoms with E-state index in [0.29, 0.717) is 24.3 Å². The van der Waals surface area contributed by atoms with E-state index in [2.05, 4.69) is 10.0 Å². The van der Waals surface area contributed by atoms with Gasteiger partial charge in [0.1, 0.15) is 0 Å². The van der Waals surface area contributed by atoms with Gasteiger partial charge < -0.3 is 5.32 Å². The van der Waals surface area contributed by atoms with Crippen LogP contribution in [0.1, 0.15) is 57.4 Å². The standard InChI is InChI=1S/C18H28N2O3S/c1-2-14-19-18(21)13-10-15-8-11-17(12-9-15)24(22,23)20-16-6-4-3-5-7-16/h8-9,11-12,16,20H,2-7,10,13-14H2,1H3,(H,19,21). The van der Waals surface area contributed by atoms with Crippen LogP contribution in [0.4, 0.5) is 0 Å². The predicted molar refractivity (Wildman–Crippen MR) is 95.3 cm³/mol. The van der Waals surface area contributed by atoms with E-state index in [1.807, 2.05) is 6.92 Å². The molecule has 0 heterocycles. The zero-order valence-corrected chi connectivity index (χ0v) is 15.2. The van der Waals surface area contributed by atoms with Crippen molar-refractivity contribution in [3.05, 3.63) is 29.8 Å². The number of amides is 1. The summed E-state index contributed by atoms with van der Waals surface area (Å²) in [5.74, 6) is 0.0347. The molecule has 0 saturated heterocycles. The minimum absolute atomic E-state index is 0.0347. The van der Waals surface area contributed by atoms with Gasteiger partial charge in [-0.2, -0.15) is 0 Å². The van der Waals surface area contributed by atoms with Gasteiger partial charge in [0, 0.05) is 19.0 Å². The average molecular weight is 353 g/mol. The minimum Gasteiger partial charge on any atom is -0.356 e. The topological polar surface area (TPSA) is 75.3 Å². The number of sulfonamides is 1. The van der Waals surface area contributed by atoms with Crippen molar-refractivity contribution >= 4 is 15.9 Å². The van der Waals surface area contributed by atoms with Gasteiger partial charge in [-0.05, 0) is 43.4 Å². The summed E-state index contributed by atoms with van der Waals surface area (Å²) in [5, 5.41) is 2.84. The van der Waals surface area contributed by atoms with Gasteiger partial charge in [0.05, 0.1) is 4.90 Å². The molecule has 1 aromatic carbocycles. The molecule has 0 aromatic heterocycles. The van der Waals surface area contributed by atoms with Gasteiger partial charge in [-0.25, -0.2) is 13.1 Å². The third-order valence-corrected chi connectivity index (χ3v) is 5.91. The maximum atomic E-state index is 12.4. The first-order chi connectivity index (χ1) is 11.5. The van der Waals surface area contributed by atoms with E-state index in [1.165, 1.54) is 6.42 Å². The van der Waals surface area contributed by atoms with E-state index in [0.717, 1.165) is 37.7 Å². The third kappa shape index (κ3) is 5.91. The van der Waals surface area contributed by atoms with Crippen LogP contribution in [0, 0.1) is 0 Å². The third-order valence-electron chi connectivity index (χ3n) is 4.37. The van der Waals surface area contributed by atoms with Crippen LogP contribution in [0.25, 0.3) is 0 Å². The highest BCUT2D eigenvalue weighted by atomic mass is 32.2. The lowest BCUT2D eigenvalue weighted by atomic mass is 9.96. The van der Waals surface area contributed by atoms with Crippen LogP contribution in [-0.2, 0) is 21.2 Å². The molecule has 0 radical (unpaired) electrons. The molecule has 1 aliphatic rings. The average Bonchev–Trinajstić information content (AvgIpc) is 2.59. The van der Waals surface area contributed by atoms with Crippen molar-refractivity contribution in [2.24, 2.45) is 0 Å². The molecular formula is C18H28N2O3S. The Morgan fingerprint density at radius 2 is 1.79 bits per heavy atom. The number of hydrogen-bond donors (Lipinski definition) is 2. The van der Waals surface area contributed by atoms with Crippen molar-refractivity contribution in [1.82, 2.24) is 10.0 Å². The van der Waals surface area contributed by atoms with Crippen molar-refractivity contribution in [2.75, 3.05) is 6.54 Å². The summed E-state index contributed by atoms with van der Waals surface area (Å²) in [7, 11) is -3.45. The molecule has 5 nitrogen and oxygen atoms in total. The lowest BCUT2D eigenvalue weighted by molar-refractivity contribution is -0.121. The van der Waals surface area contributed by atoms with Gasteiger partial charge in [-0.1, -0.05) is 38.3 Å². The second-order valence-electron chi connectivity index (χ2n) is 6.45. The van der Waals surface area contributed by atoms with Crippen molar-refractivity contribution in [2.45, 2.75) is 69.2 Å². The monoisotopic (exact) mass is 352 g/mol. The molecule has 0 spiro atoms. The van der Waals surface area contributed by atoms with Crippen LogP contribution in [-0.4, -0.2) is 26.9 Å². The van der Waals surface area contributed by atoms with E-state index >= 15 is 0 Å². The molecule has 1 aromatic rings. The lowest BCUT2D eigenvalue weighted by Gasteiger charge is -2.22. The molecule has 0 bridgehead atoms. The van der Waals surface area contributed by atoms with Gasteiger partial charge in [-0.15, -0.1) is 0 Å². The molecule has 0 atom stereocenters. The Bertz CT molecular complexity index is 620. The first-order valence-electron chi connectivity index (χ1n) is 8.89. The van der Waals surface area contributed by atoms with Crippen molar-refractivity contribution in [3.8, 4) is 0 Å². The SMILES string of the molecule is CCCNC(=O)CCc1ccc(S(=O)(=O)NC2CCCCC2)cc1. The summed E-state index contributed by atoms with van der Waals surface area (Å²) in [6.07, 6.45) is 7.18. The molecule has 0 aliphatic heterocycles. The van der Waals surface area contributed by atoms with E-state index in [4.69, 9.17) is 0 Å². The first-order valence-corrected chi connectivity index (χ1v) is 10.4. The smallest absolute Gasteiger partial charge is 0.240 e. The Labute approximate surface area is 145 Å². The van der Waals surface area contributed by atoms with Crippen molar-refractivity contribution in [1.29, 1.82) is 0 Å². The molecule has 1 saturated carbocycles. The van der Waals surface area contributed by atoms with E-state index in [9.17, 15) is 13.2 Å². The largest absolute Gasteiger partial charge is 0.356 e. The number of aryl methyl sites for hydroxylation is 1. The molecule has 6 heteroatoms. The molecule has 0 unspecified atom stereocenters. The minimum atomic E-state index is -3.45. The maximum Gasteiger partial charge on any atom is 0.240 e. The van der Waals surface area contributed by atoms with Gasteiger partial charge >= 0.3 is 0 Å². The lowest BCUT2D eigenvalue weighted by Crippen LogP contribution is -2.36. The highest BCUT2D eigenvalue weighted by molar-refractivity contribution is 7.89. The van der Waals surface area contributed by atoms with Crippen molar-refractivity contribution in [3.63, 3.8) is 0 Å². The van der Waals surface area contributed by atoms with E-state index in [-0.39, 0.29) is 11.9 Å². The second-order valence-corrected chi connectivity index (χ2v) is 8.16. The van der Waals surface area contributed by atoms with Crippen molar-refractivity contribution < 1.29 is 13.2 Å². The maximum absolute atomic E-state index is 12.4. The summed E-state index contributed by atoms with van der Waals surface area (Å²) in [5.41, 5.74) is 0.971. The number of benzene rings is 1. The molecule has 24 heavy (non-hydrogen) atoms. The summed E-state index contributed by atoms with van der Waals surface area (Å²) >= 11 is 0. The zero-order valence-electron chi connectivity index (χ0n) is 14.4. The summed E-state index contributed by atoms with van der Waals surface area (Å²) in [4.78, 5) is 11.9. The quantitative estimate of drug-likeness (QED) is 0.755. The fourth-order valence-electron chi connectivity index (χ4n) is 2.95. The van der Waals surface area contributed by atoms with Crippen LogP contribution in [0.3, 0.4) is 0 Å². The molecule has 2 rings (SSSR count). The van der Waals surface area contributed by atoms with Crippen LogP contribution in [0.15, 0.2) is 29.2 Å². The number of rotatable bonds is 8. The van der Waals surface area contributed by atoms with Crippen LogP contribution < -0.4 is 10.0 Å². The highest BCUT2D eigenvalue weighted by Gasteiger charge is 2.21. The predicted octanol–water partition coefficient (Wildman–Crippen LogP) is 2.76. The van der Waals surface area contributed by atoms with Gasteiger partial charge in [-0.3, -0.25) is 4.79 Å². The zero-order chi connectivity index (χ0) is 17.4. The first kappa shape index (κ1) is 18.9. The Hall–Kier alpha value is -1.40. The Balaban J connectivity index is 1.89. The van der Waals surface area contributed by atoms with E-state index in [1.54, 1.807) is 24.3 Å². The fourth-order valence-corrected chi connectivity index (χ4v) is 4.26. The Morgan fingerprint density at radius 1 is 1.12 bits per heavy atom.